The summed E-state index contributed by atoms with van der Waals surface area (Å²) in [5, 5.41) is 8.77. The van der Waals surface area contributed by atoms with Crippen LogP contribution in [0, 0.1) is 11.3 Å². The van der Waals surface area contributed by atoms with Crippen LogP contribution in [0.4, 0.5) is 5.69 Å². The Labute approximate surface area is 144 Å². The minimum absolute atomic E-state index is 0.00679. The first-order valence-corrected chi connectivity index (χ1v) is 8.96. The number of nitrogens with zero attached hydrogens (tertiary/aromatic N) is 1. The van der Waals surface area contributed by atoms with E-state index in [4.69, 9.17) is 16.9 Å². The van der Waals surface area contributed by atoms with Crippen LogP contribution in [0.2, 0.25) is 5.02 Å². The smallest absolute Gasteiger partial charge is 0.263 e. The molecule has 8 heteroatoms. The first kappa shape index (κ1) is 16.3. The van der Waals surface area contributed by atoms with Gasteiger partial charge in [-0.3, -0.25) is 4.72 Å². The third-order valence-corrected chi connectivity index (χ3v) is 5.56. The van der Waals surface area contributed by atoms with Crippen LogP contribution >= 0.6 is 43.5 Å². The molecule has 0 unspecified atom stereocenters. The van der Waals surface area contributed by atoms with Crippen LogP contribution in [-0.4, -0.2) is 8.42 Å². The van der Waals surface area contributed by atoms with E-state index in [0.29, 0.717) is 15.7 Å². The zero-order valence-electron chi connectivity index (χ0n) is 10.3. The zero-order valence-corrected chi connectivity index (χ0v) is 15.0. The molecule has 0 spiro atoms. The Balaban J connectivity index is 2.44. The predicted molar refractivity (Wildman–Crippen MR) is 88.8 cm³/mol. The van der Waals surface area contributed by atoms with Gasteiger partial charge in [0.2, 0.25) is 0 Å². The van der Waals surface area contributed by atoms with Crippen molar-refractivity contribution in [2.45, 2.75) is 4.90 Å². The summed E-state index contributed by atoms with van der Waals surface area (Å²) in [4.78, 5) is -0.0879. The second kappa shape index (κ2) is 6.36. The van der Waals surface area contributed by atoms with E-state index in [-0.39, 0.29) is 9.92 Å². The molecule has 0 fully saturated rings. The Bertz CT molecular complexity index is 848. The van der Waals surface area contributed by atoms with E-state index in [1.807, 2.05) is 6.07 Å². The van der Waals surface area contributed by atoms with Gasteiger partial charge in [0, 0.05) is 8.95 Å². The highest BCUT2D eigenvalue weighted by atomic mass is 79.9. The molecular weight excluding hydrogens is 443 g/mol. The van der Waals surface area contributed by atoms with E-state index in [1.165, 1.54) is 18.2 Å². The normalized spacial score (nSPS) is 11.0. The summed E-state index contributed by atoms with van der Waals surface area (Å²) in [6.45, 7) is 0. The summed E-state index contributed by atoms with van der Waals surface area (Å²) in [6.07, 6.45) is 0. The predicted octanol–water partition coefficient (Wildman–Crippen LogP) is 4.54. The number of sulfonamides is 1. The molecule has 2 aromatic carbocycles. The molecule has 0 aliphatic heterocycles. The van der Waals surface area contributed by atoms with Gasteiger partial charge >= 0.3 is 0 Å². The van der Waals surface area contributed by atoms with Crippen molar-refractivity contribution in [3.05, 3.63) is 55.9 Å². The topological polar surface area (TPSA) is 70.0 Å². The van der Waals surface area contributed by atoms with E-state index < -0.39 is 10.0 Å². The molecule has 0 atom stereocenters. The lowest BCUT2D eigenvalue weighted by Gasteiger charge is -2.11. The zero-order chi connectivity index (χ0) is 15.6. The second-order valence-electron chi connectivity index (χ2n) is 3.99. The number of benzene rings is 2. The fraction of sp³-hybridized carbons (Fsp3) is 0. The van der Waals surface area contributed by atoms with Crippen LogP contribution in [0.15, 0.2) is 50.2 Å². The lowest BCUT2D eigenvalue weighted by molar-refractivity contribution is 0.601. The quantitative estimate of drug-likeness (QED) is 0.747. The highest BCUT2D eigenvalue weighted by Gasteiger charge is 2.19. The van der Waals surface area contributed by atoms with Crippen molar-refractivity contribution in [2.24, 2.45) is 0 Å². The monoisotopic (exact) mass is 448 g/mol. The minimum atomic E-state index is -3.85. The molecular formula is C13H7Br2ClN2O2S. The molecule has 1 N–H and O–H groups in total. The maximum atomic E-state index is 12.4. The van der Waals surface area contributed by atoms with Crippen LogP contribution in [0.5, 0.6) is 0 Å². The van der Waals surface area contributed by atoms with Gasteiger partial charge in [0.15, 0.2) is 0 Å². The van der Waals surface area contributed by atoms with E-state index in [0.717, 1.165) is 4.47 Å². The van der Waals surface area contributed by atoms with Gasteiger partial charge in [-0.1, -0.05) is 27.5 Å². The highest BCUT2D eigenvalue weighted by molar-refractivity contribution is 9.11. The summed E-state index contributed by atoms with van der Waals surface area (Å²) < 4.78 is 28.5. The van der Waals surface area contributed by atoms with Crippen LogP contribution < -0.4 is 4.72 Å². The summed E-state index contributed by atoms with van der Waals surface area (Å²) in [7, 11) is -3.85. The molecule has 0 amide bonds. The lowest BCUT2D eigenvalue weighted by atomic mass is 10.2. The third kappa shape index (κ3) is 3.77. The molecule has 0 saturated carbocycles. The summed E-state index contributed by atoms with van der Waals surface area (Å²) in [6, 6.07) is 11.0. The third-order valence-electron chi connectivity index (χ3n) is 2.52. The maximum absolute atomic E-state index is 12.4. The Hall–Kier alpha value is -1.07. The van der Waals surface area contributed by atoms with Gasteiger partial charge in [-0.15, -0.1) is 0 Å². The van der Waals surface area contributed by atoms with Crippen molar-refractivity contribution in [2.75, 3.05) is 4.72 Å². The van der Waals surface area contributed by atoms with Crippen molar-refractivity contribution < 1.29 is 8.42 Å². The number of halogens is 3. The molecule has 0 aromatic heterocycles. The molecule has 21 heavy (non-hydrogen) atoms. The van der Waals surface area contributed by atoms with Crippen molar-refractivity contribution in [3.63, 3.8) is 0 Å². The fourth-order valence-electron chi connectivity index (χ4n) is 1.56. The molecule has 0 aliphatic carbocycles. The Morgan fingerprint density at radius 3 is 2.48 bits per heavy atom. The van der Waals surface area contributed by atoms with Crippen LogP contribution in [0.1, 0.15) is 5.56 Å². The first-order valence-electron chi connectivity index (χ1n) is 5.51. The molecule has 0 aliphatic rings. The molecule has 0 saturated heterocycles. The average Bonchev–Trinajstić information content (AvgIpc) is 2.42. The summed E-state index contributed by atoms with van der Waals surface area (Å²) >= 11 is 12.5. The SMILES string of the molecule is N#Cc1ccc(S(=O)(=O)Nc2cc(Br)ccc2Br)c(Cl)c1. The average molecular weight is 451 g/mol. The second-order valence-corrected chi connectivity index (χ2v) is 7.81. The maximum Gasteiger partial charge on any atom is 0.263 e. The van der Waals surface area contributed by atoms with E-state index in [2.05, 4.69) is 36.6 Å². The summed E-state index contributed by atoms with van der Waals surface area (Å²) in [5.41, 5.74) is 0.674. The van der Waals surface area contributed by atoms with Gasteiger partial charge in [0.05, 0.1) is 22.3 Å². The Morgan fingerprint density at radius 2 is 1.86 bits per heavy atom. The Kier molecular flexibility index (Phi) is 4.94. The number of nitrogens with one attached hydrogen (secondary N) is 1. The fourth-order valence-corrected chi connectivity index (χ4v) is 4.02. The molecule has 4 nitrogen and oxygen atoms in total. The number of nitriles is 1. The highest BCUT2D eigenvalue weighted by Crippen LogP contribution is 2.30. The number of anilines is 1. The van der Waals surface area contributed by atoms with Crippen LogP contribution in [-0.2, 0) is 10.0 Å². The lowest BCUT2D eigenvalue weighted by Crippen LogP contribution is -2.14. The molecule has 108 valence electrons. The molecule has 0 heterocycles. The van der Waals surface area contributed by atoms with Gasteiger partial charge in [0.25, 0.3) is 10.0 Å². The standard InChI is InChI=1S/C13H7Br2ClN2O2S/c14-9-2-3-10(15)12(6-9)18-21(19,20)13-4-1-8(7-17)5-11(13)16/h1-6,18H. The summed E-state index contributed by atoms with van der Waals surface area (Å²) in [5.74, 6) is 0. The van der Waals surface area contributed by atoms with Crippen LogP contribution in [0.25, 0.3) is 0 Å². The molecule has 0 bridgehead atoms. The molecule has 2 aromatic rings. The van der Waals surface area contributed by atoms with Crippen molar-refractivity contribution >= 4 is 59.2 Å². The minimum Gasteiger partial charge on any atom is -0.278 e. The van der Waals surface area contributed by atoms with Crippen molar-refractivity contribution in [1.82, 2.24) is 0 Å². The van der Waals surface area contributed by atoms with Gasteiger partial charge in [0.1, 0.15) is 4.90 Å². The number of hydrogen-bond acceptors (Lipinski definition) is 3. The van der Waals surface area contributed by atoms with Crippen LogP contribution in [0.3, 0.4) is 0 Å². The Morgan fingerprint density at radius 1 is 1.14 bits per heavy atom. The van der Waals surface area contributed by atoms with Crippen molar-refractivity contribution in [3.8, 4) is 6.07 Å². The van der Waals surface area contributed by atoms with E-state index >= 15 is 0 Å². The van der Waals surface area contributed by atoms with Gasteiger partial charge in [-0.2, -0.15) is 5.26 Å². The van der Waals surface area contributed by atoms with E-state index in [1.54, 1.807) is 18.2 Å². The van der Waals surface area contributed by atoms with E-state index in [9.17, 15) is 8.42 Å². The van der Waals surface area contributed by atoms with Gasteiger partial charge in [-0.05, 0) is 52.3 Å². The molecule has 2 rings (SSSR count). The van der Waals surface area contributed by atoms with Gasteiger partial charge in [-0.25, -0.2) is 8.42 Å². The van der Waals surface area contributed by atoms with Crippen molar-refractivity contribution in [1.29, 1.82) is 5.26 Å². The molecule has 0 radical (unpaired) electrons. The largest absolute Gasteiger partial charge is 0.278 e. The number of rotatable bonds is 3. The number of hydrogen-bond donors (Lipinski definition) is 1. The first-order chi connectivity index (χ1) is 9.83. The van der Waals surface area contributed by atoms with Gasteiger partial charge < -0.3 is 0 Å².